The van der Waals surface area contributed by atoms with Crippen molar-refractivity contribution < 1.29 is 0 Å². The van der Waals surface area contributed by atoms with Gasteiger partial charge in [0.05, 0.1) is 5.69 Å². The van der Waals surface area contributed by atoms with Crippen molar-refractivity contribution >= 4 is 10.9 Å². The van der Waals surface area contributed by atoms with Crippen molar-refractivity contribution in [1.82, 2.24) is 14.9 Å². The van der Waals surface area contributed by atoms with E-state index in [1.54, 1.807) is 0 Å². The zero-order valence-corrected chi connectivity index (χ0v) is 12.4. The summed E-state index contributed by atoms with van der Waals surface area (Å²) in [5.74, 6) is 0. The minimum atomic E-state index is 0.299. The summed E-state index contributed by atoms with van der Waals surface area (Å²) >= 11 is 0. The summed E-state index contributed by atoms with van der Waals surface area (Å²) in [6.45, 7) is 4.19. The van der Waals surface area contributed by atoms with Crippen LogP contribution in [0.1, 0.15) is 25.1 Å². The molecule has 3 rings (SSSR count). The summed E-state index contributed by atoms with van der Waals surface area (Å²) in [5.41, 5.74) is 2.42. The van der Waals surface area contributed by atoms with Crippen LogP contribution in [0.15, 0.2) is 60.9 Å². The average molecular weight is 279 g/mol. The van der Waals surface area contributed by atoms with Crippen molar-refractivity contribution in [1.29, 1.82) is 0 Å². The van der Waals surface area contributed by atoms with Crippen LogP contribution in [0.4, 0.5) is 0 Å². The number of nitrogens with one attached hydrogen (secondary N) is 1. The van der Waals surface area contributed by atoms with Gasteiger partial charge in [0.1, 0.15) is 0 Å². The largest absolute Gasteiger partial charge is 0.347 e. The van der Waals surface area contributed by atoms with E-state index in [-0.39, 0.29) is 0 Å². The molecule has 0 fully saturated rings. The van der Waals surface area contributed by atoms with Crippen molar-refractivity contribution in [2.24, 2.45) is 0 Å². The first-order valence-electron chi connectivity index (χ1n) is 7.53. The highest BCUT2D eigenvalue weighted by Crippen LogP contribution is 2.15. The number of para-hydroxylation sites is 1. The Balaban J connectivity index is 1.50. The first-order chi connectivity index (χ1) is 10.3. The van der Waals surface area contributed by atoms with Crippen LogP contribution in [0, 0.1) is 0 Å². The number of nitrogens with zero attached hydrogens (tertiary/aromatic N) is 2. The van der Waals surface area contributed by atoms with Crippen LogP contribution in [0.25, 0.3) is 10.9 Å². The Morgan fingerprint density at radius 3 is 2.81 bits per heavy atom. The van der Waals surface area contributed by atoms with Crippen molar-refractivity contribution in [3.05, 3.63) is 66.6 Å². The van der Waals surface area contributed by atoms with Crippen LogP contribution < -0.4 is 5.32 Å². The van der Waals surface area contributed by atoms with Crippen LogP contribution in [-0.4, -0.2) is 16.1 Å². The zero-order valence-electron chi connectivity index (χ0n) is 12.4. The molecule has 108 valence electrons. The third-order valence-corrected chi connectivity index (χ3v) is 3.84. The molecule has 2 aromatic heterocycles. The van der Waals surface area contributed by atoms with Crippen LogP contribution in [-0.2, 0) is 6.54 Å². The average Bonchev–Trinajstić information content (AvgIpc) is 2.95. The maximum atomic E-state index is 4.38. The molecule has 0 saturated heterocycles. The second kappa shape index (κ2) is 6.55. The van der Waals surface area contributed by atoms with E-state index in [0.717, 1.165) is 25.2 Å². The molecular weight excluding hydrogens is 258 g/mol. The van der Waals surface area contributed by atoms with E-state index >= 15 is 0 Å². The molecular formula is C18H21N3. The summed E-state index contributed by atoms with van der Waals surface area (Å²) in [5, 5.41) is 4.85. The van der Waals surface area contributed by atoms with Gasteiger partial charge in [-0.3, -0.25) is 4.98 Å². The molecule has 0 aliphatic rings. The van der Waals surface area contributed by atoms with Gasteiger partial charge < -0.3 is 9.88 Å². The Labute approximate surface area is 125 Å². The number of fused-ring (bicyclic) bond motifs is 1. The first kappa shape index (κ1) is 13.8. The predicted octanol–water partition coefficient (Wildman–Crippen LogP) is 3.78. The number of pyridine rings is 1. The third kappa shape index (κ3) is 3.31. The van der Waals surface area contributed by atoms with Gasteiger partial charge in [0, 0.05) is 30.5 Å². The van der Waals surface area contributed by atoms with Gasteiger partial charge in [0.15, 0.2) is 0 Å². The number of aromatic nitrogens is 2. The molecule has 0 aliphatic carbocycles. The molecule has 3 aromatic rings. The molecule has 0 aliphatic heterocycles. The second-order valence-corrected chi connectivity index (χ2v) is 5.35. The van der Waals surface area contributed by atoms with E-state index in [1.807, 2.05) is 18.3 Å². The van der Waals surface area contributed by atoms with Gasteiger partial charge in [-0.25, -0.2) is 0 Å². The van der Waals surface area contributed by atoms with E-state index in [2.05, 4.69) is 64.4 Å². The summed E-state index contributed by atoms with van der Waals surface area (Å²) in [6, 6.07) is 17.1. The summed E-state index contributed by atoms with van der Waals surface area (Å²) < 4.78 is 2.32. The van der Waals surface area contributed by atoms with Gasteiger partial charge in [0.25, 0.3) is 0 Å². The van der Waals surface area contributed by atoms with Gasteiger partial charge in [0.2, 0.25) is 0 Å². The van der Waals surface area contributed by atoms with Crippen LogP contribution >= 0.6 is 0 Å². The van der Waals surface area contributed by atoms with E-state index < -0.39 is 0 Å². The summed E-state index contributed by atoms with van der Waals surface area (Å²) in [7, 11) is 0. The molecule has 1 aromatic carbocycles. The molecule has 0 amide bonds. The van der Waals surface area contributed by atoms with Crippen molar-refractivity contribution in [2.75, 3.05) is 6.54 Å². The van der Waals surface area contributed by atoms with Crippen LogP contribution in [0.3, 0.4) is 0 Å². The molecule has 1 N–H and O–H groups in total. The normalized spacial score (nSPS) is 12.6. The highest BCUT2D eigenvalue weighted by molar-refractivity contribution is 5.79. The maximum Gasteiger partial charge on any atom is 0.0570 e. The summed E-state index contributed by atoms with van der Waals surface area (Å²) in [4.78, 5) is 4.38. The van der Waals surface area contributed by atoms with Gasteiger partial charge in [-0.2, -0.15) is 0 Å². The fourth-order valence-electron chi connectivity index (χ4n) is 2.64. The van der Waals surface area contributed by atoms with Crippen molar-refractivity contribution in [3.63, 3.8) is 0 Å². The standard InChI is InChI=1S/C18H21N3/c1-15(17-8-4-5-11-20-17)19-12-6-13-21-14-10-16-7-2-3-9-18(16)21/h2-5,7-11,14-15,19H,6,12-13H2,1H3. The molecule has 0 spiro atoms. The fourth-order valence-corrected chi connectivity index (χ4v) is 2.64. The number of aryl methyl sites for hydroxylation is 1. The van der Waals surface area contributed by atoms with Gasteiger partial charge >= 0.3 is 0 Å². The number of benzene rings is 1. The fraction of sp³-hybridized carbons (Fsp3) is 0.278. The van der Waals surface area contributed by atoms with Gasteiger partial charge in [-0.15, -0.1) is 0 Å². The van der Waals surface area contributed by atoms with Crippen molar-refractivity contribution in [2.45, 2.75) is 25.9 Å². The first-order valence-corrected chi connectivity index (χ1v) is 7.53. The third-order valence-electron chi connectivity index (χ3n) is 3.84. The Morgan fingerprint density at radius 2 is 1.95 bits per heavy atom. The lowest BCUT2D eigenvalue weighted by atomic mass is 10.2. The molecule has 0 bridgehead atoms. The minimum Gasteiger partial charge on any atom is -0.347 e. The van der Waals surface area contributed by atoms with Crippen LogP contribution in [0.5, 0.6) is 0 Å². The summed E-state index contributed by atoms with van der Waals surface area (Å²) in [6.07, 6.45) is 5.13. The molecule has 0 saturated carbocycles. The van der Waals surface area contributed by atoms with Crippen molar-refractivity contribution in [3.8, 4) is 0 Å². The van der Waals surface area contributed by atoms with E-state index in [9.17, 15) is 0 Å². The lowest BCUT2D eigenvalue weighted by molar-refractivity contribution is 0.523. The highest BCUT2D eigenvalue weighted by Gasteiger charge is 2.05. The van der Waals surface area contributed by atoms with E-state index in [4.69, 9.17) is 0 Å². The molecule has 1 unspecified atom stereocenters. The zero-order chi connectivity index (χ0) is 14.5. The van der Waals surface area contributed by atoms with Crippen LogP contribution in [0.2, 0.25) is 0 Å². The molecule has 21 heavy (non-hydrogen) atoms. The minimum absolute atomic E-state index is 0.299. The molecule has 0 radical (unpaired) electrons. The number of hydrogen-bond acceptors (Lipinski definition) is 2. The maximum absolute atomic E-state index is 4.38. The Morgan fingerprint density at radius 1 is 1.10 bits per heavy atom. The predicted molar refractivity (Wildman–Crippen MR) is 87.2 cm³/mol. The Kier molecular flexibility index (Phi) is 4.31. The lowest BCUT2D eigenvalue weighted by Gasteiger charge is -2.13. The van der Waals surface area contributed by atoms with E-state index in [0.29, 0.717) is 6.04 Å². The molecule has 2 heterocycles. The Bertz CT molecular complexity index is 688. The topological polar surface area (TPSA) is 29.9 Å². The Hall–Kier alpha value is -2.13. The SMILES string of the molecule is CC(NCCCn1ccc2ccccc21)c1ccccn1. The molecule has 3 nitrogen and oxygen atoms in total. The number of hydrogen-bond donors (Lipinski definition) is 1. The quantitative estimate of drug-likeness (QED) is 0.696. The second-order valence-electron chi connectivity index (χ2n) is 5.35. The number of rotatable bonds is 6. The van der Waals surface area contributed by atoms with E-state index in [1.165, 1.54) is 10.9 Å². The molecule has 1 atom stereocenters. The van der Waals surface area contributed by atoms with Gasteiger partial charge in [-0.1, -0.05) is 24.3 Å². The lowest BCUT2D eigenvalue weighted by Crippen LogP contribution is -2.21. The monoisotopic (exact) mass is 279 g/mol. The molecule has 3 heteroatoms. The smallest absolute Gasteiger partial charge is 0.0570 e. The van der Waals surface area contributed by atoms with Gasteiger partial charge in [-0.05, 0) is 49.5 Å². The highest BCUT2D eigenvalue weighted by atomic mass is 15.0.